The van der Waals surface area contributed by atoms with E-state index in [9.17, 15) is 4.79 Å². The Morgan fingerprint density at radius 3 is 2.45 bits per heavy atom. The predicted molar refractivity (Wildman–Crippen MR) is 122 cm³/mol. The Kier molecular flexibility index (Phi) is 8.71. The van der Waals surface area contributed by atoms with Gasteiger partial charge in [0, 0.05) is 44.7 Å². The molecule has 0 aliphatic carbocycles. The molecule has 2 unspecified atom stereocenters. The van der Waals surface area contributed by atoms with Crippen LogP contribution in [0.15, 0.2) is 59.6 Å². The zero-order valence-corrected chi connectivity index (χ0v) is 18.3. The van der Waals surface area contributed by atoms with Crippen LogP contribution in [0.3, 0.4) is 0 Å². The van der Waals surface area contributed by atoms with Crippen molar-refractivity contribution in [2.75, 3.05) is 27.2 Å². The molecule has 0 heterocycles. The maximum absolute atomic E-state index is 12.1. The first-order chi connectivity index (χ1) is 13.9. The van der Waals surface area contributed by atoms with Crippen molar-refractivity contribution < 1.29 is 4.79 Å². The molecular weight excluding hydrogens is 360 g/mol. The lowest BCUT2D eigenvalue weighted by Gasteiger charge is -2.24. The fourth-order valence-electron chi connectivity index (χ4n) is 3.12. The first-order valence-electron chi connectivity index (χ1n) is 10.3. The molecule has 2 aromatic rings. The van der Waals surface area contributed by atoms with Crippen LogP contribution in [0.25, 0.3) is 0 Å². The third kappa shape index (κ3) is 6.93. The molecule has 0 saturated heterocycles. The zero-order chi connectivity index (χ0) is 21.2. The number of nitrogens with zero attached hydrogens (tertiary/aromatic N) is 2. The number of benzene rings is 2. The average molecular weight is 395 g/mol. The summed E-state index contributed by atoms with van der Waals surface area (Å²) in [6, 6.07) is 18.6. The highest BCUT2D eigenvalue weighted by molar-refractivity contribution is 5.94. The van der Waals surface area contributed by atoms with Gasteiger partial charge in [-0.25, -0.2) is 0 Å². The van der Waals surface area contributed by atoms with Gasteiger partial charge < -0.3 is 15.5 Å². The van der Waals surface area contributed by atoms with Gasteiger partial charge in [-0.05, 0) is 43.5 Å². The van der Waals surface area contributed by atoms with Crippen molar-refractivity contribution in [1.82, 2.24) is 15.5 Å². The van der Waals surface area contributed by atoms with Crippen LogP contribution in [0.4, 0.5) is 0 Å². The molecule has 156 valence electrons. The Labute approximate surface area is 175 Å². The van der Waals surface area contributed by atoms with Gasteiger partial charge in [0.25, 0.3) is 5.91 Å². The summed E-state index contributed by atoms with van der Waals surface area (Å²) < 4.78 is 0. The standard InChI is InChI=1S/C24H34N4O/c1-6-25-24(27-19(3)18(2)21-12-8-7-9-13-21)26-16-15-20-11-10-14-22(17-20)23(29)28(4)5/h7-14,17-19H,6,15-16H2,1-5H3,(H2,25,26,27). The van der Waals surface area contributed by atoms with Crippen molar-refractivity contribution in [3.63, 3.8) is 0 Å². The van der Waals surface area contributed by atoms with E-state index in [0.29, 0.717) is 18.0 Å². The smallest absolute Gasteiger partial charge is 0.253 e. The quantitative estimate of drug-likeness (QED) is 0.530. The summed E-state index contributed by atoms with van der Waals surface area (Å²) in [4.78, 5) is 18.5. The number of hydrogen-bond acceptors (Lipinski definition) is 2. The molecule has 29 heavy (non-hydrogen) atoms. The Morgan fingerprint density at radius 2 is 1.79 bits per heavy atom. The average Bonchev–Trinajstić information content (AvgIpc) is 2.73. The molecular formula is C24H34N4O. The monoisotopic (exact) mass is 394 g/mol. The molecule has 0 spiro atoms. The number of nitrogens with one attached hydrogen (secondary N) is 2. The summed E-state index contributed by atoms with van der Waals surface area (Å²) in [5.41, 5.74) is 3.14. The number of carbonyl (C=O) groups is 1. The second-order valence-corrected chi connectivity index (χ2v) is 7.54. The minimum Gasteiger partial charge on any atom is -0.357 e. The van der Waals surface area contributed by atoms with Gasteiger partial charge in [-0.1, -0.05) is 49.4 Å². The van der Waals surface area contributed by atoms with Gasteiger partial charge in [0.1, 0.15) is 0 Å². The van der Waals surface area contributed by atoms with Crippen LogP contribution in [-0.2, 0) is 6.42 Å². The van der Waals surface area contributed by atoms with E-state index in [1.54, 1.807) is 19.0 Å². The summed E-state index contributed by atoms with van der Waals surface area (Å²) >= 11 is 0. The number of guanidine groups is 1. The van der Waals surface area contributed by atoms with Crippen molar-refractivity contribution in [2.24, 2.45) is 4.99 Å². The molecule has 0 radical (unpaired) electrons. The molecule has 5 nitrogen and oxygen atoms in total. The lowest BCUT2D eigenvalue weighted by atomic mass is 9.94. The first-order valence-corrected chi connectivity index (χ1v) is 10.3. The topological polar surface area (TPSA) is 56.7 Å². The van der Waals surface area contributed by atoms with Gasteiger partial charge in [-0.2, -0.15) is 0 Å². The molecule has 0 aliphatic rings. The van der Waals surface area contributed by atoms with Crippen LogP contribution in [0, 0.1) is 0 Å². The van der Waals surface area contributed by atoms with Gasteiger partial charge >= 0.3 is 0 Å². The highest BCUT2D eigenvalue weighted by Gasteiger charge is 2.15. The third-order valence-corrected chi connectivity index (χ3v) is 5.03. The minimum atomic E-state index is 0.0223. The Balaban J connectivity index is 1.98. The molecule has 1 amide bonds. The Morgan fingerprint density at radius 1 is 1.07 bits per heavy atom. The second-order valence-electron chi connectivity index (χ2n) is 7.54. The second kappa shape index (κ2) is 11.2. The van der Waals surface area contributed by atoms with E-state index in [1.165, 1.54) is 5.56 Å². The van der Waals surface area contributed by atoms with Crippen LogP contribution in [0.5, 0.6) is 0 Å². The SMILES string of the molecule is CCNC(=NCCc1cccc(C(=O)N(C)C)c1)NC(C)C(C)c1ccccc1. The van der Waals surface area contributed by atoms with Crippen molar-refractivity contribution in [3.05, 3.63) is 71.3 Å². The van der Waals surface area contributed by atoms with E-state index in [-0.39, 0.29) is 11.9 Å². The molecule has 5 heteroatoms. The van der Waals surface area contributed by atoms with Gasteiger partial charge in [0.05, 0.1) is 0 Å². The van der Waals surface area contributed by atoms with E-state index in [0.717, 1.165) is 24.5 Å². The van der Waals surface area contributed by atoms with Crippen molar-refractivity contribution in [3.8, 4) is 0 Å². The fourth-order valence-corrected chi connectivity index (χ4v) is 3.12. The van der Waals surface area contributed by atoms with E-state index < -0.39 is 0 Å². The lowest BCUT2D eigenvalue weighted by molar-refractivity contribution is 0.0827. The molecule has 0 fully saturated rings. The first kappa shape index (κ1) is 22.5. The van der Waals surface area contributed by atoms with Crippen molar-refractivity contribution in [1.29, 1.82) is 0 Å². The van der Waals surface area contributed by atoms with Crippen molar-refractivity contribution in [2.45, 2.75) is 39.2 Å². The molecule has 0 saturated carbocycles. The molecule has 2 atom stereocenters. The van der Waals surface area contributed by atoms with Gasteiger partial charge in [0.2, 0.25) is 0 Å². The van der Waals surface area contributed by atoms with E-state index in [2.05, 4.69) is 55.7 Å². The summed E-state index contributed by atoms with van der Waals surface area (Å²) in [6.07, 6.45) is 0.785. The van der Waals surface area contributed by atoms with Crippen molar-refractivity contribution >= 4 is 11.9 Å². The van der Waals surface area contributed by atoms with Gasteiger partial charge in [-0.3, -0.25) is 9.79 Å². The number of carbonyl (C=O) groups excluding carboxylic acids is 1. The van der Waals surface area contributed by atoms with E-state index in [1.807, 2.05) is 30.3 Å². The Hall–Kier alpha value is -2.82. The van der Waals surface area contributed by atoms with E-state index in [4.69, 9.17) is 4.99 Å². The number of hydrogen-bond donors (Lipinski definition) is 2. The lowest BCUT2D eigenvalue weighted by Crippen LogP contribution is -2.44. The summed E-state index contributed by atoms with van der Waals surface area (Å²) in [5.74, 6) is 1.21. The minimum absolute atomic E-state index is 0.0223. The maximum atomic E-state index is 12.1. The fraction of sp³-hybridized carbons (Fsp3) is 0.417. The number of rotatable bonds is 8. The van der Waals surface area contributed by atoms with Crippen LogP contribution in [0.2, 0.25) is 0 Å². The van der Waals surface area contributed by atoms with Crippen LogP contribution < -0.4 is 10.6 Å². The molecule has 0 bridgehead atoms. The molecule has 2 rings (SSSR count). The van der Waals surface area contributed by atoms with Crippen LogP contribution in [-0.4, -0.2) is 50.0 Å². The van der Waals surface area contributed by atoms with Gasteiger partial charge in [-0.15, -0.1) is 0 Å². The van der Waals surface area contributed by atoms with Gasteiger partial charge in [0.15, 0.2) is 5.96 Å². The summed E-state index contributed by atoms with van der Waals surface area (Å²) in [7, 11) is 3.54. The van der Waals surface area contributed by atoms with Crippen LogP contribution in [0.1, 0.15) is 48.2 Å². The molecule has 0 aliphatic heterocycles. The summed E-state index contributed by atoms with van der Waals surface area (Å²) in [6.45, 7) is 7.94. The normalized spacial score (nSPS) is 13.5. The zero-order valence-electron chi connectivity index (χ0n) is 18.3. The highest BCUT2D eigenvalue weighted by atomic mass is 16.2. The molecule has 2 aromatic carbocycles. The number of aliphatic imine (C=N–C) groups is 1. The highest BCUT2D eigenvalue weighted by Crippen LogP contribution is 2.18. The molecule has 2 N–H and O–H groups in total. The van der Waals surface area contributed by atoms with Crippen LogP contribution >= 0.6 is 0 Å². The maximum Gasteiger partial charge on any atom is 0.253 e. The third-order valence-electron chi connectivity index (χ3n) is 5.03. The number of amides is 1. The summed E-state index contributed by atoms with van der Waals surface area (Å²) in [5, 5.41) is 6.85. The Bertz CT molecular complexity index is 802. The largest absolute Gasteiger partial charge is 0.357 e. The van der Waals surface area contributed by atoms with E-state index >= 15 is 0 Å². The predicted octanol–water partition coefficient (Wildman–Crippen LogP) is 3.68. The molecule has 0 aromatic heterocycles.